The molecule has 0 aromatic heterocycles. The number of nitrogens with zero attached hydrogens (tertiary/aromatic N) is 2. The highest BCUT2D eigenvalue weighted by Crippen LogP contribution is 2.16. The van der Waals surface area contributed by atoms with Gasteiger partial charge in [-0.05, 0) is 31.4 Å². The second-order valence-corrected chi connectivity index (χ2v) is 8.09. The van der Waals surface area contributed by atoms with Crippen LogP contribution in [0.5, 0.6) is 0 Å². The van der Waals surface area contributed by atoms with Gasteiger partial charge in [0.2, 0.25) is 17.7 Å². The smallest absolute Gasteiger partial charge is 0.322 e. The quantitative estimate of drug-likeness (QED) is 0.463. The number of carbonyl (C=O) groups excluding carboxylic acids is 4. The summed E-state index contributed by atoms with van der Waals surface area (Å²) in [7, 11) is 0. The van der Waals surface area contributed by atoms with E-state index in [0.717, 1.165) is 6.42 Å². The van der Waals surface area contributed by atoms with E-state index in [9.17, 15) is 24.0 Å². The lowest BCUT2D eigenvalue weighted by atomic mass is 10.0. The van der Waals surface area contributed by atoms with E-state index < -0.39 is 30.0 Å². The molecule has 0 unspecified atom stereocenters. The molecule has 0 saturated carbocycles. The summed E-state index contributed by atoms with van der Waals surface area (Å²) in [5.41, 5.74) is 0.570. The predicted molar refractivity (Wildman–Crippen MR) is 118 cm³/mol. The van der Waals surface area contributed by atoms with E-state index in [4.69, 9.17) is 5.11 Å². The highest BCUT2D eigenvalue weighted by molar-refractivity contribution is 5.96. The first-order chi connectivity index (χ1) is 15.8. The van der Waals surface area contributed by atoms with Gasteiger partial charge >= 0.3 is 12.0 Å². The molecule has 33 heavy (non-hydrogen) atoms. The number of urea groups is 1. The fourth-order valence-electron chi connectivity index (χ4n) is 3.92. The maximum Gasteiger partial charge on any atom is 0.322 e. The molecule has 11 heteroatoms. The molecule has 11 nitrogen and oxygen atoms in total. The number of amides is 5. The third-order valence-electron chi connectivity index (χ3n) is 5.70. The normalized spacial score (nSPS) is 20.5. The van der Waals surface area contributed by atoms with Gasteiger partial charge in [-0.3, -0.25) is 19.2 Å². The molecule has 0 aliphatic carbocycles. The number of carboxylic acids is 1. The second kappa shape index (κ2) is 11.3. The molecule has 178 valence electrons. The zero-order valence-corrected chi connectivity index (χ0v) is 18.3. The SMILES string of the molecule is O=C(O)CCCC(=O)N1CCN(C(=O)Nc2ccccc2)[C@H](C(=O)N[C@H]2CCCNC2=O)C1. The van der Waals surface area contributed by atoms with Crippen LogP contribution in [0.2, 0.25) is 0 Å². The molecule has 4 N–H and O–H groups in total. The molecular weight excluding hydrogens is 430 g/mol. The first kappa shape index (κ1) is 24.0. The Balaban J connectivity index is 1.70. The van der Waals surface area contributed by atoms with E-state index in [1.807, 2.05) is 6.07 Å². The third kappa shape index (κ3) is 6.67. The van der Waals surface area contributed by atoms with Gasteiger partial charge < -0.3 is 30.9 Å². The number of nitrogens with one attached hydrogen (secondary N) is 3. The van der Waals surface area contributed by atoms with Crippen molar-refractivity contribution >= 4 is 35.4 Å². The van der Waals surface area contributed by atoms with E-state index in [2.05, 4.69) is 16.0 Å². The van der Waals surface area contributed by atoms with Crippen LogP contribution in [-0.2, 0) is 19.2 Å². The second-order valence-electron chi connectivity index (χ2n) is 8.09. The van der Waals surface area contributed by atoms with Gasteiger partial charge in [0.05, 0.1) is 6.54 Å². The van der Waals surface area contributed by atoms with E-state index in [-0.39, 0.29) is 50.7 Å². The molecule has 1 aromatic carbocycles. The number of benzene rings is 1. The maximum absolute atomic E-state index is 13.1. The molecule has 2 heterocycles. The number of para-hydroxylation sites is 1. The maximum atomic E-state index is 13.1. The van der Waals surface area contributed by atoms with Crippen molar-refractivity contribution in [1.29, 1.82) is 0 Å². The Labute approximate surface area is 191 Å². The van der Waals surface area contributed by atoms with Crippen molar-refractivity contribution in [2.45, 2.75) is 44.2 Å². The number of anilines is 1. The number of carbonyl (C=O) groups is 5. The molecular formula is C22H29N5O6. The Morgan fingerprint density at radius 2 is 1.85 bits per heavy atom. The first-order valence-electron chi connectivity index (χ1n) is 11.1. The van der Waals surface area contributed by atoms with Crippen LogP contribution in [0.25, 0.3) is 0 Å². The number of aliphatic carboxylic acids is 1. The summed E-state index contributed by atoms with van der Waals surface area (Å²) in [6.07, 6.45) is 1.35. The van der Waals surface area contributed by atoms with Crippen molar-refractivity contribution in [1.82, 2.24) is 20.4 Å². The highest BCUT2D eigenvalue weighted by atomic mass is 16.4. The zero-order valence-electron chi connectivity index (χ0n) is 18.3. The van der Waals surface area contributed by atoms with Gasteiger partial charge in [-0.25, -0.2) is 4.79 Å². The van der Waals surface area contributed by atoms with Crippen LogP contribution in [0.3, 0.4) is 0 Å². The number of carboxylic acid groups (broad SMARTS) is 1. The molecule has 2 saturated heterocycles. The predicted octanol–water partition coefficient (Wildman–Crippen LogP) is 0.381. The van der Waals surface area contributed by atoms with E-state index in [1.165, 1.54) is 9.80 Å². The Hall–Kier alpha value is -3.63. The molecule has 1 aromatic rings. The summed E-state index contributed by atoms with van der Waals surface area (Å²) in [5.74, 6) is -2.03. The minimum absolute atomic E-state index is 0.0334. The highest BCUT2D eigenvalue weighted by Gasteiger charge is 2.38. The van der Waals surface area contributed by atoms with Gasteiger partial charge in [-0.1, -0.05) is 18.2 Å². The van der Waals surface area contributed by atoms with Crippen LogP contribution in [-0.4, -0.2) is 82.9 Å². The number of rotatable bonds is 7. The topological polar surface area (TPSA) is 148 Å². The van der Waals surface area contributed by atoms with E-state index in [0.29, 0.717) is 18.7 Å². The Kier molecular flexibility index (Phi) is 8.22. The summed E-state index contributed by atoms with van der Waals surface area (Å²) in [6.45, 7) is 0.868. The Morgan fingerprint density at radius 1 is 1.09 bits per heavy atom. The average Bonchev–Trinajstić information content (AvgIpc) is 2.80. The van der Waals surface area contributed by atoms with Crippen molar-refractivity contribution in [2.75, 3.05) is 31.5 Å². The van der Waals surface area contributed by atoms with Crippen molar-refractivity contribution in [3.05, 3.63) is 30.3 Å². The molecule has 5 amide bonds. The summed E-state index contributed by atoms with van der Waals surface area (Å²) in [5, 5.41) is 17.0. The van der Waals surface area contributed by atoms with Gasteiger partial charge in [0.15, 0.2) is 0 Å². The Morgan fingerprint density at radius 3 is 2.55 bits per heavy atom. The fraction of sp³-hybridized carbons (Fsp3) is 0.500. The number of piperidine rings is 1. The van der Waals surface area contributed by atoms with Gasteiger partial charge in [0.1, 0.15) is 12.1 Å². The fourth-order valence-corrected chi connectivity index (χ4v) is 3.92. The molecule has 3 rings (SSSR count). The van der Waals surface area contributed by atoms with Crippen LogP contribution in [0.4, 0.5) is 10.5 Å². The van der Waals surface area contributed by atoms with Gasteiger partial charge in [0.25, 0.3) is 0 Å². The standard InChI is InChI=1S/C22H29N5O6/c28-18(9-4-10-19(29)30)26-12-13-27(22(33)24-15-6-2-1-3-7-15)17(14-26)21(32)25-16-8-5-11-23-20(16)31/h1-3,6-7,16-17H,4-5,8-14H2,(H,23,31)(H,24,33)(H,25,32)(H,29,30)/t16-,17-/m0/s1. The minimum Gasteiger partial charge on any atom is -0.481 e. The molecule has 0 spiro atoms. The first-order valence-corrected chi connectivity index (χ1v) is 11.1. The molecule has 0 bridgehead atoms. The lowest BCUT2D eigenvalue weighted by Gasteiger charge is -2.41. The zero-order chi connectivity index (χ0) is 23.8. The number of hydrogen-bond donors (Lipinski definition) is 4. The van der Waals surface area contributed by atoms with Crippen molar-refractivity contribution in [3.63, 3.8) is 0 Å². The molecule has 2 aliphatic rings. The molecule has 0 radical (unpaired) electrons. The molecule has 2 fully saturated rings. The van der Waals surface area contributed by atoms with Crippen LogP contribution in [0.1, 0.15) is 32.1 Å². The van der Waals surface area contributed by atoms with Gasteiger partial charge in [-0.15, -0.1) is 0 Å². The van der Waals surface area contributed by atoms with Crippen LogP contribution >= 0.6 is 0 Å². The monoisotopic (exact) mass is 459 g/mol. The molecule has 2 atom stereocenters. The Bertz CT molecular complexity index is 893. The number of hydrogen-bond acceptors (Lipinski definition) is 5. The summed E-state index contributed by atoms with van der Waals surface area (Å²) >= 11 is 0. The third-order valence-corrected chi connectivity index (χ3v) is 5.70. The number of piperazine rings is 1. The van der Waals surface area contributed by atoms with E-state index >= 15 is 0 Å². The van der Waals surface area contributed by atoms with Gasteiger partial charge in [0, 0.05) is 38.2 Å². The van der Waals surface area contributed by atoms with E-state index in [1.54, 1.807) is 24.3 Å². The van der Waals surface area contributed by atoms with Crippen molar-refractivity contribution < 1.29 is 29.1 Å². The van der Waals surface area contributed by atoms with Crippen LogP contribution in [0, 0.1) is 0 Å². The van der Waals surface area contributed by atoms with Crippen LogP contribution < -0.4 is 16.0 Å². The van der Waals surface area contributed by atoms with Crippen LogP contribution in [0.15, 0.2) is 30.3 Å². The lowest BCUT2D eigenvalue weighted by Crippen LogP contribution is -2.64. The molecule has 2 aliphatic heterocycles. The van der Waals surface area contributed by atoms with Gasteiger partial charge in [-0.2, -0.15) is 0 Å². The summed E-state index contributed by atoms with van der Waals surface area (Å²) in [6, 6.07) is 6.66. The average molecular weight is 460 g/mol. The van der Waals surface area contributed by atoms with Crippen molar-refractivity contribution in [3.8, 4) is 0 Å². The lowest BCUT2D eigenvalue weighted by molar-refractivity contribution is -0.139. The summed E-state index contributed by atoms with van der Waals surface area (Å²) < 4.78 is 0. The summed E-state index contributed by atoms with van der Waals surface area (Å²) in [4.78, 5) is 64.3. The minimum atomic E-state index is -0.986. The largest absolute Gasteiger partial charge is 0.481 e. The van der Waals surface area contributed by atoms with Crippen molar-refractivity contribution in [2.24, 2.45) is 0 Å².